The van der Waals surface area contributed by atoms with Gasteiger partial charge in [-0.25, -0.2) is 0 Å². The Morgan fingerprint density at radius 3 is 1.75 bits per heavy atom. The van der Waals surface area contributed by atoms with E-state index in [9.17, 15) is 28.8 Å². The van der Waals surface area contributed by atoms with Gasteiger partial charge in [0.05, 0.1) is 17.3 Å². The molecule has 15 heteroatoms. The van der Waals surface area contributed by atoms with E-state index in [0.717, 1.165) is 38.5 Å². The van der Waals surface area contributed by atoms with Gasteiger partial charge in [0, 0.05) is 52.9 Å². The summed E-state index contributed by atoms with van der Waals surface area (Å²) in [4.78, 5) is 75.7. The van der Waals surface area contributed by atoms with Gasteiger partial charge in [0.1, 0.15) is 24.9 Å². The minimum atomic E-state index is -1.40. The summed E-state index contributed by atoms with van der Waals surface area (Å²) in [5, 5.41) is 0. The topological polar surface area (TPSA) is 189 Å². The van der Waals surface area contributed by atoms with Crippen LogP contribution >= 0.6 is 0 Å². The lowest BCUT2D eigenvalue weighted by Gasteiger charge is -2.70. The predicted molar refractivity (Wildman–Crippen MR) is 225 cm³/mol. The number of hydrogen-bond donors (Lipinski definition) is 0. The summed E-state index contributed by atoms with van der Waals surface area (Å²) in [7, 11) is 0. The molecule has 0 bridgehead atoms. The van der Waals surface area contributed by atoms with Crippen LogP contribution in [0.2, 0.25) is 0 Å². The SMILES string of the molecule is CC(=O)OC[C@H]1O[C@H](O[C@@](C)(CCC2OC2(C)C)C2CC[C@]3(C)[C@@H]2C(OC(C)=O)CC2[C@@]4(C)CC[C@H](OC(C)=O)C(C)(C)C4CC[C@]23C)[C@H](OC(C)=O)[C@@H](OC(C)=O)[C@@H]1OC(C)=O. The Hall–Kier alpha value is -3.30. The number of esters is 6. The molecule has 15 nitrogen and oxygen atoms in total. The fourth-order valence-corrected chi connectivity index (χ4v) is 14.2. The van der Waals surface area contributed by atoms with Gasteiger partial charge in [0.25, 0.3) is 0 Å². The molecule has 4 aliphatic carbocycles. The first kappa shape index (κ1) is 49.1. The van der Waals surface area contributed by atoms with Crippen molar-refractivity contribution in [1.29, 1.82) is 0 Å². The lowest BCUT2D eigenvalue weighted by Crippen LogP contribution is -2.67. The molecule has 4 saturated carbocycles. The van der Waals surface area contributed by atoms with Crippen molar-refractivity contribution in [2.24, 2.45) is 45.3 Å². The summed E-state index contributed by atoms with van der Waals surface area (Å²) in [6, 6.07) is 0. The first-order chi connectivity index (χ1) is 29.1. The molecule has 6 rings (SSSR count). The van der Waals surface area contributed by atoms with Crippen molar-refractivity contribution >= 4 is 35.8 Å². The molecule has 5 unspecified atom stereocenters. The van der Waals surface area contributed by atoms with Crippen LogP contribution in [0.3, 0.4) is 0 Å². The molecule has 0 aromatic heterocycles. The Morgan fingerprint density at radius 2 is 1.19 bits per heavy atom. The van der Waals surface area contributed by atoms with Gasteiger partial charge < -0.3 is 42.6 Å². The maximum absolute atomic E-state index is 13.2. The first-order valence-electron chi connectivity index (χ1n) is 23.1. The van der Waals surface area contributed by atoms with Crippen molar-refractivity contribution in [2.45, 2.75) is 215 Å². The molecule has 0 radical (unpaired) electrons. The fourth-order valence-electron chi connectivity index (χ4n) is 14.2. The molecule has 16 atom stereocenters. The van der Waals surface area contributed by atoms with E-state index in [-0.39, 0.29) is 81.7 Å². The van der Waals surface area contributed by atoms with Gasteiger partial charge in [-0.1, -0.05) is 34.6 Å². The zero-order chi connectivity index (χ0) is 46.8. The average Bonchev–Trinajstić information content (AvgIpc) is 3.58. The van der Waals surface area contributed by atoms with E-state index in [1.165, 1.54) is 41.5 Å². The Balaban J connectivity index is 1.43. The Bertz CT molecular complexity index is 1790. The molecule has 63 heavy (non-hydrogen) atoms. The first-order valence-corrected chi connectivity index (χ1v) is 23.1. The highest BCUT2D eigenvalue weighted by atomic mass is 16.7. The predicted octanol–water partition coefficient (Wildman–Crippen LogP) is 6.96. The minimum absolute atomic E-state index is 0.0539. The lowest BCUT2D eigenvalue weighted by atomic mass is 9.35. The molecule has 6 aliphatic rings. The van der Waals surface area contributed by atoms with Gasteiger partial charge in [0.15, 0.2) is 24.6 Å². The number of rotatable bonds is 13. The molecule has 2 heterocycles. The van der Waals surface area contributed by atoms with Crippen molar-refractivity contribution in [3.8, 4) is 0 Å². The van der Waals surface area contributed by atoms with Crippen LogP contribution in [0.25, 0.3) is 0 Å². The van der Waals surface area contributed by atoms with Crippen molar-refractivity contribution in [3.63, 3.8) is 0 Å². The van der Waals surface area contributed by atoms with Crippen LogP contribution in [-0.2, 0) is 71.4 Å². The summed E-state index contributed by atoms with van der Waals surface area (Å²) in [6.07, 6.45) is -0.534. The summed E-state index contributed by atoms with van der Waals surface area (Å²) in [5.74, 6) is -3.33. The van der Waals surface area contributed by atoms with Gasteiger partial charge in [-0.2, -0.15) is 0 Å². The van der Waals surface area contributed by atoms with Crippen molar-refractivity contribution in [3.05, 3.63) is 0 Å². The zero-order valence-corrected chi connectivity index (χ0v) is 40.1. The second-order valence-corrected chi connectivity index (χ2v) is 21.7. The molecule has 6 fully saturated rings. The van der Waals surface area contributed by atoms with Crippen LogP contribution < -0.4 is 0 Å². The monoisotopic (exact) mass is 891 g/mol. The molecule has 2 aliphatic heterocycles. The smallest absolute Gasteiger partial charge is 0.303 e. The third-order valence-electron chi connectivity index (χ3n) is 17.1. The van der Waals surface area contributed by atoms with Crippen LogP contribution in [0.5, 0.6) is 0 Å². The number of ether oxygens (including phenoxy) is 9. The van der Waals surface area contributed by atoms with Gasteiger partial charge in [-0.05, 0) is 113 Å². The minimum Gasteiger partial charge on any atom is -0.463 e. The molecule has 2 saturated heterocycles. The van der Waals surface area contributed by atoms with Gasteiger partial charge in [0.2, 0.25) is 0 Å². The van der Waals surface area contributed by atoms with Crippen LogP contribution in [0, 0.1) is 45.3 Å². The van der Waals surface area contributed by atoms with Crippen LogP contribution in [-0.4, -0.2) is 103 Å². The van der Waals surface area contributed by atoms with E-state index < -0.39 is 66.3 Å². The Labute approximate surface area is 373 Å². The lowest BCUT2D eigenvalue weighted by molar-refractivity contribution is -0.339. The molecule has 0 N–H and O–H groups in total. The van der Waals surface area contributed by atoms with E-state index >= 15 is 0 Å². The second-order valence-electron chi connectivity index (χ2n) is 21.7. The fraction of sp³-hybridized carbons (Fsp3) is 0.875. The summed E-state index contributed by atoms with van der Waals surface area (Å²) < 4.78 is 55.2. The third kappa shape index (κ3) is 9.27. The Kier molecular flexibility index (Phi) is 13.6. The van der Waals surface area contributed by atoms with Gasteiger partial charge in [-0.15, -0.1) is 0 Å². The van der Waals surface area contributed by atoms with E-state index in [2.05, 4.69) is 34.6 Å². The summed E-state index contributed by atoms with van der Waals surface area (Å²) >= 11 is 0. The highest BCUT2D eigenvalue weighted by Gasteiger charge is 2.73. The number of hydrogen-bond acceptors (Lipinski definition) is 15. The number of carbonyl (C=O) groups is 6. The van der Waals surface area contributed by atoms with Gasteiger partial charge >= 0.3 is 35.8 Å². The van der Waals surface area contributed by atoms with Crippen molar-refractivity contribution in [1.82, 2.24) is 0 Å². The third-order valence-corrected chi connectivity index (χ3v) is 17.1. The molecule has 0 spiro atoms. The summed E-state index contributed by atoms with van der Waals surface area (Å²) in [5.41, 5.74) is -2.27. The zero-order valence-electron chi connectivity index (χ0n) is 40.1. The van der Waals surface area contributed by atoms with Crippen LogP contribution in [0.1, 0.15) is 155 Å². The Morgan fingerprint density at radius 1 is 0.635 bits per heavy atom. The van der Waals surface area contributed by atoms with Gasteiger partial charge in [-0.3, -0.25) is 28.8 Å². The van der Waals surface area contributed by atoms with Crippen molar-refractivity contribution < 1.29 is 71.4 Å². The number of fused-ring (bicyclic) bond motifs is 5. The largest absolute Gasteiger partial charge is 0.463 e. The molecule has 0 amide bonds. The van der Waals surface area contributed by atoms with E-state index in [4.69, 9.17) is 42.6 Å². The highest BCUT2D eigenvalue weighted by Crippen LogP contribution is 2.76. The maximum atomic E-state index is 13.2. The second kappa shape index (κ2) is 17.5. The van der Waals surface area contributed by atoms with E-state index in [1.807, 2.05) is 20.8 Å². The molecule has 0 aromatic carbocycles. The van der Waals surface area contributed by atoms with E-state index in [1.54, 1.807) is 0 Å². The number of epoxide rings is 1. The van der Waals surface area contributed by atoms with Crippen molar-refractivity contribution in [2.75, 3.05) is 6.61 Å². The van der Waals surface area contributed by atoms with Crippen LogP contribution in [0.4, 0.5) is 0 Å². The average molecular weight is 891 g/mol. The summed E-state index contributed by atoms with van der Waals surface area (Å²) in [6.45, 7) is 25.2. The van der Waals surface area contributed by atoms with E-state index in [0.29, 0.717) is 19.3 Å². The molecular weight excluding hydrogens is 817 g/mol. The molecular formula is C48H74O15. The quantitative estimate of drug-likeness (QED) is 0.105. The normalized spacial score (nSPS) is 41.8. The standard InChI is InChI=1S/C48H74O15/c1-25(49)55-24-33-39(58-28(4)52)40(59-29(5)53)41(60-30(6)54)42(61-33)63-48(14,22-18-37-44(9,10)62-37)31-15-20-47(13)38(31)32(56-26(2)50)23-35-45(11)19-17-36(57-27(3)51)43(7,8)34(45)16-21-46(35,47)12/h31-42H,15-24H2,1-14H3/t31?,32?,33-,34?,35?,36+,37?,38+,39-,40+,41-,42-,45+,46-,47-,48+/m1/s1. The van der Waals surface area contributed by atoms with Crippen LogP contribution in [0.15, 0.2) is 0 Å². The molecule has 0 aromatic rings. The number of carbonyl (C=O) groups excluding carboxylic acids is 6. The molecule has 356 valence electrons. The maximum Gasteiger partial charge on any atom is 0.303 e. The highest BCUT2D eigenvalue weighted by molar-refractivity contribution is 5.69.